The van der Waals surface area contributed by atoms with Crippen molar-refractivity contribution >= 4 is 11.6 Å². The van der Waals surface area contributed by atoms with Gasteiger partial charge in [-0.15, -0.1) is 0 Å². The average molecular weight is 220 g/mol. The lowest BCUT2D eigenvalue weighted by atomic mass is 10.1. The van der Waals surface area contributed by atoms with Crippen LogP contribution >= 0.6 is 0 Å². The van der Waals surface area contributed by atoms with Gasteiger partial charge < -0.3 is 15.4 Å². The quantitative estimate of drug-likeness (QED) is 0.774. The number of carbonyl (C=O) groups excluding carboxylic acids is 1. The minimum absolute atomic E-state index is 0.0118. The monoisotopic (exact) mass is 220 g/mol. The third-order valence-electron chi connectivity index (χ3n) is 2.58. The third kappa shape index (κ3) is 2.02. The molecule has 0 radical (unpaired) electrons. The molecule has 1 fully saturated rings. The summed E-state index contributed by atoms with van der Waals surface area (Å²) in [6.07, 6.45) is 0.987. The smallest absolute Gasteiger partial charge is 0.245 e. The predicted molar refractivity (Wildman–Crippen MR) is 62.6 cm³/mol. The van der Waals surface area contributed by atoms with Gasteiger partial charge in [0, 0.05) is 5.69 Å². The van der Waals surface area contributed by atoms with Crippen molar-refractivity contribution in [1.29, 1.82) is 0 Å². The molecule has 1 aromatic carbocycles. The van der Waals surface area contributed by atoms with Crippen molar-refractivity contribution in [1.82, 2.24) is 0 Å². The summed E-state index contributed by atoms with van der Waals surface area (Å²) >= 11 is 0. The summed E-state index contributed by atoms with van der Waals surface area (Å²) in [5.41, 5.74) is 6.41. The van der Waals surface area contributed by atoms with E-state index >= 15 is 0 Å². The highest BCUT2D eigenvalue weighted by molar-refractivity contribution is 6.03. The second-order valence-corrected chi connectivity index (χ2v) is 3.90. The van der Waals surface area contributed by atoms with E-state index in [1.54, 1.807) is 4.90 Å². The van der Waals surface area contributed by atoms with E-state index in [2.05, 4.69) is 6.92 Å². The summed E-state index contributed by atoms with van der Waals surface area (Å²) in [4.78, 5) is 13.1. The van der Waals surface area contributed by atoms with Gasteiger partial charge in [0.15, 0.2) is 0 Å². The molecule has 2 rings (SSSR count). The van der Waals surface area contributed by atoms with Gasteiger partial charge in [-0.3, -0.25) is 4.79 Å². The zero-order valence-corrected chi connectivity index (χ0v) is 9.35. The van der Waals surface area contributed by atoms with E-state index in [-0.39, 0.29) is 11.9 Å². The summed E-state index contributed by atoms with van der Waals surface area (Å²) in [6.45, 7) is 3.38. The molecule has 4 nitrogen and oxygen atoms in total. The van der Waals surface area contributed by atoms with Gasteiger partial charge in [0.2, 0.25) is 5.91 Å². The Kier molecular flexibility index (Phi) is 3.10. The highest BCUT2D eigenvalue weighted by Crippen LogP contribution is 2.23. The van der Waals surface area contributed by atoms with Crippen LogP contribution in [0.1, 0.15) is 13.3 Å². The van der Waals surface area contributed by atoms with Gasteiger partial charge in [-0.1, -0.05) is 6.92 Å². The van der Waals surface area contributed by atoms with E-state index in [0.717, 1.165) is 17.9 Å². The number of hydrogen-bond donors (Lipinski definition) is 1. The minimum Gasteiger partial charge on any atom is -0.494 e. The molecule has 1 unspecified atom stereocenters. The van der Waals surface area contributed by atoms with E-state index in [4.69, 9.17) is 10.5 Å². The Balaban J connectivity index is 2.00. The first-order chi connectivity index (χ1) is 7.72. The van der Waals surface area contributed by atoms with Crippen LogP contribution in [0.4, 0.5) is 5.69 Å². The first-order valence-corrected chi connectivity index (χ1v) is 5.52. The number of ether oxygens (including phenoxy) is 1. The lowest BCUT2D eigenvalue weighted by molar-refractivity contribution is -0.123. The maximum atomic E-state index is 11.4. The Bertz CT molecular complexity index is 375. The lowest BCUT2D eigenvalue weighted by Gasteiger charge is -2.36. The molecule has 1 aliphatic heterocycles. The molecule has 86 valence electrons. The molecule has 16 heavy (non-hydrogen) atoms. The molecular formula is C12H16N2O2. The molecule has 1 amide bonds. The van der Waals surface area contributed by atoms with Crippen molar-refractivity contribution in [3.05, 3.63) is 24.3 Å². The molecular weight excluding hydrogens is 204 g/mol. The summed E-state index contributed by atoms with van der Waals surface area (Å²) in [5.74, 6) is 0.824. The number of hydrogen-bond acceptors (Lipinski definition) is 3. The maximum absolute atomic E-state index is 11.4. The number of rotatable bonds is 4. The lowest BCUT2D eigenvalue weighted by Crippen LogP contribution is -2.61. The molecule has 0 spiro atoms. The second kappa shape index (κ2) is 4.53. The fourth-order valence-electron chi connectivity index (χ4n) is 1.63. The standard InChI is InChI=1S/C12H16N2O2/c1-2-7-16-10-5-3-9(4-6-10)14-8-11(13)12(14)15/h3-6,11H,2,7-8,13H2,1H3. The topological polar surface area (TPSA) is 55.6 Å². The molecule has 0 aromatic heterocycles. The molecule has 0 bridgehead atoms. The first kappa shape index (κ1) is 11.0. The summed E-state index contributed by atoms with van der Waals surface area (Å²) in [5, 5.41) is 0. The van der Waals surface area contributed by atoms with Crippen LogP contribution < -0.4 is 15.4 Å². The van der Waals surface area contributed by atoms with Crippen molar-refractivity contribution in [3.63, 3.8) is 0 Å². The highest BCUT2D eigenvalue weighted by atomic mass is 16.5. The normalized spacial score (nSPS) is 19.5. The van der Waals surface area contributed by atoms with Crippen LogP contribution in [0.3, 0.4) is 0 Å². The highest BCUT2D eigenvalue weighted by Gasteiger charge is 2.34. The number of benzene rings is 1. The Morgan fingerprint density at radius 1 is 1.44 bits per heavy atom. The molecule has 4 heteroatoms. The van der Waals surface area contributed by atoms with Crippen LogP contribution in [0.25, 0.3) is 0 Å². The molecule has 1 aliphatic rings. The van der Waals surface area contributed by atoms with Crippen LogP contribution in [0.5, 0.6) is 5.75 Å². The molecule has 1 aromatic rings. The van der Waals surface area contributed by atoms with Crippen molar-refractivity contribution in [3.8, 4) is 5.75 Å². The number of nitrogens with two attached hydrogens (primary N) is 1. The zero-order valence-electron chi connectivity index (χ0n) is 9.35. The maximum Gasteiger partial charge on any atom is 0.245 e. The van der Waals surface area contributed by atoms with Crippen LogP contribution in [-0.4, -0.2) is 25.1 Å². The van der Waals surface area contributed by atoms with Gasteiger partial charge in [0.25, 0.3) is 0 Å². The van der Waals surface area contributed by atoms with Gasteiger partial charge in [-0.25, -0.2) is 0 Å². The fraction of sp³-hybridized carbons (Fsp3) is 0.417. The van der Waals surface area contributed by atoms with Crippen molar-refractivity contribution < 1.29 is 9.53 Å². The van der Waals surface area contributed by atoms with E-state index in [1.807, 2.05) is 24.3 Å². The largest absolute Gasteiger partial charge is 0.494 e. The Morgan fingerprint density at radius 2 is 2.12 bits per heavy atom. The predicted octanol–water partition coefficient (Wildman–Crippen LogP) is 1.15. The molecule has 2 N–H and O–H groups in total. The van der Waals surface area contributed by atoms with Crippen molar-refractivity contribution in [2.75, 3.05) is 18.1 Å². The number of nitrogens with zero attached hydrogens (tertiary/aromatic N) is 1. The Hall–Kier alpha value is -1.55. The van der Waals surface area contributed by atoms with Gasteiger partial charge in [-0.2, -0.15) is 0 Å². The van der Waals surface area contributed by atoms with Crippen LogP contribution in [0, 0.1) is 0 Å². The van der Waals surface area contributed by atoms with Gasteiger partial charge in [-0.05, 0) is 30.7 Å². The summed E-state index contributed by atoms with van der Waals surface area (Å²) in [7, 11) is 0. The van der Waals surface area contributed by atoms with Gasteiger partial charge in [0.1, 0.15) is 11.8 Å². The molecule has 1 heterocycles. The molecule has 1 saturated heterocycles. The Morgan fingerprint density at radius 3 is 2.62 bits per heavy atom. The minimum atomic E-state index is -0.323. The van der Waals surface area contributed by atoms with E-state index < -0.39 is 0 Å². The SMILES string of the molecule is CCCOc1ccc(N2CC(N)C2=O)cc1. The first-order valence-electron chi connectivity index (χ1n) is 5.52. The van der Waals surface area contributed by atoms with Gasteiger partial charge >= 0.3 is 0 Å². The fourth-order valence-corrected chi connectivity index (χ4v) is 1.63. The number of β-lactam (4-membered cyclic amide) rings is 1. The van der Waals surface area contributed by atoms with E-state index in [0.29, 0.717) is 13.2 Å². The third-order valence-corrected chi connectivity index (χ3v) is 2.58. The van der Waals surface area contributed by atoms with E-state index in [1.165, 1.54) is 0 Å². The summed E-state index contributed by atoms with van der Waals surface area (Å²) < 4.78 is 5.46. The average Bonchev–Trinajstić information content (AvgIpc) is 2.34. The molecule has 0 saturated carbocycles. The van der Waals surface area contributed by atoms with E-state index in [9.17, 15) is 4.79 Å². The summed E-state index contributed by atoms with van der Waals surface area (Å²) in [6, 6.07) is 7.20. The zero-order chi connectivity index (χ0) is 11.5. The molecule has 0 aliphatic carbocycles. The number of carbonyl (C=O) groups is 1. The van der Waals surface area contributed by atoms with Gasteiger partial charge in [0.05, 0.1) is 13.2 Å². The molecule has 1 atom stereocenters. The Labute approximate surface area is 95.0 Å². The number of amides is 1. The van der Waals surface area contributed by atoms with Crippen LogP contribution in [0.2, 0.25) is 0 Å². The van der Waals surface area contributed by atoms with Crippen LogP contribution in [0.15, 0.2) is 24.3 Å². The van der Waals surface area contributed by atoms with Crippen molar-refractivity contribution in [2.24, 2.45) is 5.73 Å². The number of anilines is 1. The van der Waals surface area contributed by atoms with Crippen LogP contribution in [-0.2, 0) is 4.79 Å². The second-order valence-electron chi connectivity index (χ2n) is 3.90. The van der Waals surface area contributed by atoms with Crippen molar-refractivity contribution in [2.45, 2.75) is 19.4 Å².